The van der Waals surface area contributed by atoms with Crippen molar-refractivity contribution in [3.63, 3.8) is 0 Å². The number of piperidine rings is 1. The van der Waals surface area contributed by atoms with Crippen LogP contribution in [0, 0.1) is 0 Å². The standard InChI is InChI=1S/C33H38BrN5O2/c1-33(2)29(40)19-24-6-3-5-23(30(24)33)10-13-27-26(34)20-36-32(38-27)37-25-11-8-21(9-12-25)22-14-17-39(18-15-22)31(41)28-7-4-16-35-28/h3,5-6,8-9,11-12,20,22,28,35H,4,7,10,13-19H2,1-2H3,(H,36,37,38). The Morgan fingerprint density at radius 1 is 1.10 bits per heavy atom. The number of aryl methyl sites for hydroxylation is 2. The number of Topliss-reactive ketones (excluding diaryl/α,β-unsaturated/α-hetero) is 1. The fraction of sp³-hybridized carbons (Fsp3) is 0.455. The molecule has 1 unspecified atom stereocenters. The number of aromatic nitrogens is 2. The van der Waals surface area contributed by atoms with Gasteiger partial charge in [0.05, 0.1) is 16.2 Å². The number of nitrogens with one attached hydrogen (secondary N) is 2. The van der Waals surface area contributed by atoms with Gasteiger partial charge in [-0.2, -0.15) is 0 Å². The van der Waals surface area contributed by atoms with Gasteiger partial charge in [-0.15, -0.1) is 0 Å². The van der Waals surface area contributed by atoms with Crippen LogP contribution < -0.4 is 10.6 Å². The second kappa shape index (κ2) is 11.6. The number of fused-ring (bicyclic) bond motifs is 1. The molecule has 7 nitrogen and oxygen atoms in total. The molecule has 41 heavy (non-hydrogen) atoms. The minimum atomic E-state index is -0.435. The van der Waals surface area contributed by atoms with Gasteiger partial charge < -0.3 is 15.5 Å². The van der Waals surface area contributed by atoms with Crippen LogP contribution in [0.3, 0.4) is 0 Å². The molecule has 0 spiro atoms. The molecule has 1 amide bonds. The minimum absolute atomic E-state index is 0.0233. The van der Waals surface area contributed by atoms with E-state index in [0.717, 1.165) is 79.6 Å². The Kier molecular flexibility index (Phi) is 7.97. The van der Waals surface area contributed by atoms with E-state index in [1.54, 1.807) is 6.20 Å². The lowest BCUT2D eigenvalue weighted by Crippen LogP contribution is -2.46. The largest absolute Gasteiger partial charge is 0.341 e. The summed E-state index contributed by atoms with van der Waals surface area (Å²) >= 11 is 3.63. The third kappa shape index (κ3) is 5.82. The Morgan fingerprint density at radius 2 is 1.88 bits per heavy atom. The Morgan fingerprint density at radius 3 is 2.61 bits per heavy atom. The number of carbonyl (C=O) groups excluding carboxylic acids is 2. The van der Waals surface area contributed by atoms with E-state index in [9.17, 15) is 9.59 Å². The molecule has 0 radical (unpaired) electrons. The summed E-state index contributed by atoms with van der Waals surface area (Å²) in [5.74, 6) is 1.61. The van der Waals surface area contributed by atoms with Crippen molar-refractivity contribution in [3.05, 3.63) is 81.1 Å². The van der Waals surface area contributed by atoms with Gasteiger partial charge in [0.15, 0.2) is 0 Å². The quantitative estimate of drug-likeness (QED) is 0.358. The molecule has 2 saturated heterocycles. The molecule has 6 rings (SSSR count). The Hall–Kier alpha value is -3.10. The first-order valence-corrected chi connectivity index (χ1v) is 15.6. The second-order valence-electron chi connectivity index (χ2n) is 12.2. The van der Waals surface area contributed by atoms with Crippen LogP contribution in [0.1, 0.15) is 73.4 Å². The summed E-state index contributed by atoms with van der Waals surface area (Å²) in [5, 5.41) is 6.70. The van der Waals surface area contributed by atoms with E-state index in [-0.39, 0.29) is 17.7 Å². The second-order valence-corrected chi connectivity index (χ2v) is 13.0. The molecule has 0 bridgehead atoms. The van der Waals surface area contributed by atoms with Gasteiger partial charge in [-0.05, 0) is 115 Å². The molecule has 214 valence electrons. The summed E-state index contributed by atoms with van der Waals surface area (Å²) < 4.78 is 0.884. The number of likely N-dealkylation sites (tertiary alicyclic amines) is 1. The molecule has 1 aromatic heterocycles. The van der Waals surface area contributed by atoms with Crippen molar-refractivity contribution < 1.29 is 9.59 Å². The van der Waals surface area contributed by atoms with Gasteiger partial charge in [0.2, 0.25) is 11.9 Å². The lowest BCUT2D eigenvalue weighted by molar-refractivity contribution is -0.134. The molecule has 2 fully saturated rings. The number of carbonyl (C=O) groups is 2. The van der Waals surface area contributed by atoms with Gasteiger partial charge in [-0.3, -0.25) is 9.59 Å². The lowest BCUT2D eigenvalue weighted by Gasteiger charge is -2.33. The van der Waals surface area contributed by atoms with Crippen molar-refractivity contribution in [2.45, 2.75) is 76.2 Å². The summed E-state index contributed by atoms with van der Waals surface area (Å²) in [5.41, 5.74) is 6.34. The van der Waals surface area contributed by atoms with Gasteiger partial charge >= 0.3 is 0 Å². The monoisotopic (exact) mass is 615 g/mol. The van der Waals surface area contributed by atoms with E-state index >= 15 is 0 Å². The Bertz CT molecular complexity index is 1440. The first kappa shape index (κ1) is 28.0. The number of hydrogen-bond donors (Lipinski definition) is 2. The summed E-state index contributed by atoms with van der Waals surface area (Å²) in [4.78, 5) is 36.7. The smallest absolute Gasteiger partial charge is 0.239 e. The van der Waals surface area contributed by atoms with Crippen molar-refractivity contribution in [1.82, 2.24) is 20.2 Å². The first-order valence-electron chi connectivity index (χ1n) is 14.8. The average Bonchev–Trinajstić information content (AvgIpc) is 3.60. The zero-order chi connectivity index (χ0) is 28.6. The third-order valence-corrected chi connectivity index (χ3v) is 9.82. The number of anilines is 2. The number of ketones is 1. The van der Waals surface area contributed by atoms with Gasteiger partial charge in [-0.25, -0.2) is 9.97 Å². The average molecular weight is 617 g/mol. The highest BCUT2D eigenvalue weighted by molar-refractivity contribution is 9.10. The minimum Gasteiger partial charge on any atom is -0.341 e. The summed E-state index contributed by atoms with van der Waals surface area (Å²) in [7, 11) is 0. The number of nitrogens with zero attached hydrogens (tertiary/aromatic N) is 3. The maximum absolute atomic E-state index is 12.7. The maximum Gasteiger partial charge on any atom is 0.239 e. The zero-order valence-corrected chi connectivity index (χ0v) is 25.5. The van der Waals surface area contributed by atoms with Crippen LogP contribution in [0.4, 0.5) is 11.6 Å². The van der Waals surface area contributed by atoms with Crippen LogP contribution in [-0.4, -0.2) is 52.2 Å². The molecule has 2 aromatic carbocycles. The highest BCUT2D eigenvalue weighted by Gasteiger charge is 2.39. The Balaban J connectivity index is 1.07. The fourth-order valence-electron chi connectivity index (χ4n) is 6.75. The summed E-state index contributed by atoms with van der Waals surface area (Å²) in [6, 6.07) is 14.9. The molecule has 1 aliphatic carbocycles. The van der Waals surface area contributed by atoms with E-state index in [1.165, 1.54) is 16.7 Å². The van der Waals surface area contributed by atoms with Crippen molar-refractivity contribution in [2.24, 2.45) is 0 Å². The maximum atomic E-state index is 12.7. The topological polar surface area (TPSA) is 87.2 Å². The fourth-order valence-corrected chi connectivity index (χ4v) is 7.14. The van der Waals surface area contributed by atoms with Gasteiger partial charge in [-0.1, -0.05) is 30.3 Å². The Labute approximate surface area is 250 Å². The van der Waals surface area contributed by atoms with Crippen LogP contribution >= 0.6 is 15.9 Å². The lowest BCUT2D eigenvalue weighted by atomic mass is 9.82. The molecule has 0 saturated carbocycles. The van der Waals surface area contributed by atoms with E-state index in [4.69, 9.17) is 4.98 Å². The first-order chi connectivity index (χ1) is 19.8. The molecule has 2 aliphatic heterocycles. The molecule has 1 atom stereocenters. The predicted octanol–water partition coefficient (Wildman–Crippen LogP) is 5.63. The highest BCUT2D eigenvalue weighted by atomic mass is 79.9. The molecular formula is C33H38BrN5O2. The molecular weight excluding hydrogens is 578 g/mol. The highest BCUT2D eigenvalue weighted by Crippen LogP contribution is 2.38. The molecule has 2 N–H and O–H groups in total. The van der Waals surface area contributed by atoms with Crippen LogP contribution in [0.15, 0.2) is 53.1 Å². The van der Waals surface area contributed by atoms with Crippen molar-refractivity contribution in [1.29, 1.82) is 0 Å². The zero-order valence-electron chi connectivity index (χ0n) is 23.9. The third-order valence-electron chi connectivity index (χ3n) is 9.16. The molecule has 3 heterocycles. The van der Waals surface area contributed by atoms with Crippen LogP contribution in [0.5, 0.6) is 0 Å². The number of halogens is 1. The van der Waals surface area contributed by atoms with Crippen molar-refractivity contribution >= 4 is 39.3 Å². The van der Waals surface area contributed by atoms with E-state index in [1.807, 2.05) is 18.7 Å². The number of hydrogen-bond acceptors (Lipinski definition) is 6. The van der Waals surface area contributed by atoms with Gasteiger partial charge in [0, 0.05) is 36.8 Å². The van der Waals surface area contributed by atoms with E-state index in [0.29, 0.717) is 18.3 Å². The van der Waals surface area contributed by atoms with Crippen LogP contribution in [-0.2, 0) is 34.3 Å². The van der Waals surface area contributed by atoms with Gasteiger partial charge in [0.1, 0.15) is 5.78 Å². The molecule has 8 heteroatoms. The summed E-state index contributed by atoms with van der Waals surface area (Å²) in [6.45, 7) is 6.69. The number of rotatable bonds is 7. The van der Waals surface area contributed by atoms with Crippen LogP contribution in [0.25, 0.3) is 0 Å². The molecule has 3 aliphatic rings. The normalized spacial score (nSPS) is 20.3. The van der Waals surface area contributed by atoms with Crippen molar-refractivity contribution in [2.75, 3.05) is 25.0 Å². The molecule has 3 aromatic rings. The van der Waals surface area contributed by atoms with E-state index in [2.05, 4.69) is 74.0 Å². The summed E-state index contributed by atoms with van der Waals surface area (Å²) in [6.07, 6.45) is 7.94. The number of amides is 1. The van der Waals surface area contributed by atoms with Crippen molar-refractivity contribution in [3.8, 4) is 0 Å². The van der Waals surface area contributed by atoms with E-state index < -0.39 is 5.41 Å². The van der Waals surface area contributed by atoms with Gasteiger partial charge in [0.25, 0.3) is 0 Å². The van der Waals surface area contributed by atoms with Crippen LogP contribution in [0.2, 0.25) is 0 Å². The number of benzene rings is 2. The SMILES string of the molecule is CC1(C)C(=O)Cc2cccc(CCc3nc(Nc4ccc(C5CCN(C(=O)C6CCCN6)CC5)cc4)ncc3Br)c21. The predicted molar refractivity (Wildman–Crippen MR) is 165 cm³/mol.